The Hall–Kier alpha value is -0.330. The van der Waals surface area contributed by atoms with E-state index in [1.807, 2.05) is 12.2 Å². The molecule has 0 aromatic carbocycles. The molecule has 0 N–H and O–H groups in total. The molecule has 40 valence electrons. The van der Waals surface area contributed by atoms with Crippen LogP contribution in [0.2, 0.25) is 0 Å². The minimum atomic E-state index is -0.917. The fraction of sp³-hybridized carbons (Fsp3) is 0.667. The highest BCUT2D eigenvalue weighted by Crippen LogP contribution is 2.26. The average molecular weight is 100 g/mol. The van der Waals surface area contributed by atoms with Gasteiger partial charge in [0.25, 0.3) is 0 Å². The van der Waals surface area contributed by atoms with Crippen molar-refractivity contribution in [2.75, 3.05) is 0 Å². The van der Waals surface area contributed by atoms with Crippen molar-refractivity contribution >= 4 is 0 Å². The molecule has 0 nitrogen and oxygen atoms in total. The maximum Gasteiger partial charge on any atom is 0.115 e. The minimum Gasteiger partial charge on any atom is -0.244 e. The minimum absolute atomic E-state index is 0.604. The van der Waals surface area contributed by atoms with Crippen LogP contribution in [-0.4, -0.2) is 5.67 Å². The molecule has 0 atom stereocenters. The number of halogens is 1. The molecule has 0 radical (unpaired) electrons. The molecule has 0 spiro atoms. The molecule has 1 aliphatic carbocycles. The van der Waals surface area contributed by atoms with E-state index in [-0.39, 0.29) is 0 Å². The second kappa shape index (κ2) is 1.32. The summed E-state index contributed by atoms with van der Waals surface area (Å²) < 4.78 is 12.5. The molecule has 0 aromatic heterocycles. The Bertz CT molecular complexity index is 82.4. The Morgan fingerprint density at radius 3 is 2.00 bits per heavy atom. The maximum absolute atomic E-state index is 12.5. The van der Waals surface area contributed by atoms with Crippen LogP contribution in [0.4, 0.5) is 4.39 Å². The Balaban J connectivity index is 2.49. The van der Waals surface area contributed by atoms with E-state index in [4.69, 9.17) is 0 Å². The molecule has 0 bridgehead atoms. The van der Waals surface area contributed by atoms with E-state index in [2.05, 4.69) is 0 Å². The lowest BCUT2D eigenvalue weighted by Gasteiger charge is -2.08. The van der Waals surface area contributed by atoms with Gasteiger partial charge in [-0.2, -0.15) is 0 Å². The summed E-state index contributed by atoms with van der Waals surface area (Å²) >= 11 is 0. The van der Waals surface area contributed by atoms with E-state index in [1.54, 1.807) is 6.92 Å². The van der Waals surface area contributed by atoms with Crippen LogP contribution in [-0.2, 0) is 0 Å². The quantitative estimate of drug-likeness (QED) is 0.409. The van der Waals surface area contributed by atoms with Gasteiger partial charge >= 0.3 is 0 Å². The van der Waals surface area contributed by atoms with Gasteiger partial charge < -0.3 is 0 Å². The highest BCUT2D eigenvalue weighted by molar-refractivity contribution is 5.01. The summed E-state index contributed by atoms with van der Waals surface area (Å²) in [6, 6.07) is 0. The van der Waals surface area contributed by atoms with Gasteiger partial charge in [0.15, 0.2) is 0 Å². The first kappa shape index (κ1) is 4.82. The number of alkyl halides is 1. The van der Waals surface area contributed by atoms with Gasteiger partial charge in [-0.3, -0.25) is 0 Å². The summed E-state index contributed by atoms with van der Waals surface area (Å²) in [6.07, 6.45) is 4.99. The van der Waals surface area contributed by atoms with Crippen molar-refractivity contribution in [2.24, 2.45) is 0 Å². The first-order valence-electron chi connectivity index (χ1n) is 2.55. The van der Waals surface area contributed by atoms with Gasteiger partial charge in [-0.15, -0.1) is 0 Å². The molecule has 0 aliphatic heterocycles. The predicted octanol–water partition coefficient (Wildman–Crippen LogP) is 2.06. The van der Waals surface area contributed by atoms with E-state index in [1.165, 1.54) is 0 Å². The second-order valence-corrected chi connectivity index (χ2v) is 2.29. The SMILES string of the molecule is CC1(F)CC=CC1. The Labute approximate surface area is 43.0 Å². The molecule has 1 rings (SSSR count). The smallest absolute Gasteiger partial charge is 0.115 e. The Morgan fingerprint density at radius 1 is 1.43 bits per heavy atom. The third kappa shape index (κ3) is 1.02. The van der Waals surface area contributed by atoms with Crippen LogP contribution in [0, 0.1) is 0 Å². The summed E-state index contributed by atoms with van der Waals surface area (Å²) in [5, 5.41) is 0. The van der Waals surface area contributed by atoms with E-state index < -0.39 is 5.67 Å². The molecule has 0 heterocycles. The van der Waals surface area contributed by atoms with Gasteiger partial charge in [0.1, 0.15) is 5.67 Å². The average Bonchev–Trinajstić information content (AvgIpc) is 1.84. The lowest BCUT2D eigenvalue weighted by molar-refractivity contribution is 0.209. The van der Waals surface area contributed by atoms with Crippen LogP contribution < -0.4 is 0 Å². The molecule has 0 saturated heterocycles. The van der Waals surface area contributed by atoms with Crippen LogP contribution in [0.5, 0.6) is 0 Å². The monoisotopic (exact) mass is 100 g/mol. The Morgan fingerprint density at radius 2 is 1.86 bits per heavy atom. The van der Waals surface area contributed by atoms with Crippen molar-refractivity contribution in [1.29, 1.82) is 0 Å². The first-order valence-corrected chi connectivity index (χ1v) is 2.55. The van der Waals surface area contributed by atoms with Gasteiger partial charge in [-0.1, -0.05) is 12.2 Å². The number of hydrogen-bond acceptors (Lipinski definition) is 0. The van der Waals surface area contributed by atoms with E-state index >= 15 is 0 Å². The molecule has 1 aliphatic rings. The van der Waals surface area contributed by atoms with Crippen LogP contribution >= 0.6 is 0 Å². The highest BCUT2D eigenvalue weighted by Gasteiger charge is 2.22. The normalized spacial score (nSPS) is 26.0. The van der Waals surface area contributed by atoms with Crippen molar-refractivity contribution in [2.45, 2.75) is 25.4 Å². The molecule has 1 heteroatoms. The number of allylic oxidation sites excluding steroid dienone is 2. The zero-order valence-corrected chi connectivity index (χ0v) is 4.45. The van der Waals surface area contributed by atoms with Crippen LogP contribution in [0.3, 0.4) is 0 Å². The zero-order chi connectivity index (χ0) is 5.33. The largest absolute Gasteiger partial charge is 0.244 e. The van der Waals surface area contributed by atoms with Crippen molar-refractivity contribution < 1.29 is 4.39 Å². The molecule has 0 saturated carbocycles. The third-order valence-corrected chi connectivity index (χ3v) is 1.25. The highest BCUT2D eigenvalue weighted by atomic mass is 19.1. The number of hydrogen-bond donors (Lipinski definition) is 0. The topological polar surface area (TPSA) is 0 Å². The van der Waals surface area contributed by atoms with Gasteiger partial charge in [0, 0.05) is 0 Å². The predicted molar refractivity (Wildman–Crippen MR) is 27.9 cm³/mol. The van der Waals surface area contributed by atoms with Crippen molar-refractivity contribution in [3.63, 3.8) is 0 Å². The van der Waals surface area contributed by atoms with Crippen LogP contribution in [0.1, 0.15) is 19.8 Å². The Kier molecular flexibility index (Phi) is 0.911. The van der Waals surface area contributed by atoms with Gasteiger partial charge in [0.2, 0.25) is 0 Å². The lowest BCUT2D eigenvalue weighted by atomic mass is 10.1. The van der Waals surface area contributed by atoms with E-state index in [9.17, 15) is 4.39 Å². The summed E-state index contributed by atoms with van der Waals surface area (Å²) in [7, 11) is 0. The van der Waals surface area contributed by atoms with E-state index in [0.29, 0.717) is 12.8 Å². The summed E-state index contributed by atoms with van der Waals surface area (Å²) in [5.74, 6) is 0. The molecular weight excluding hydrogens is 91.1 g/mol. The fourth-order valence-electron chi connectivity index (χ4n) is 0.741. The second-order valence-electron chi connectivity index (χ2n) is 2.29. The van der Waals surface area contributed by atoms with Crippen molar-refractivity contribution in [3.05, 3.63) is 12.2 Å². The molecule has 0 aromatic rings. The van der Waals surface area contributed by atoms with Crippen LogP contribution in [0.15, 0.2) is 12.2 Å². The van der Waals surface area contributed by atoms with Crippen molar-refractivity contribution in [3.8, 4) is 0 Å². The molecule has 0 amide bonds. The lowest BCUT2D eigenvalue weighted by Crippen LogP contribution is -2.10. The first-order chi connectivity index (χ1) is 3.21. The fourth-order valence-corrected chi connectivity index (χ4v) is 0.741. The van der Waals surface area contributed by atoms with E-state index in [0.717, 1.165) is 0 Å². The van der Waals surface area contributed by atoms with Gasteiger partial charge in [-0.25, -0.2) is 4.39 Å². The molecule has 7 heavy (non-hydrogen) atoms. The zero-order valence-electron chi connectivity index (χ0n) is 4.45. The standard InChI is InChI=1S/C6H9F/c1-6(7)4-2-3-5-6/h2-3H,4-5H2,1H3. The van der Waals surface area contributed by atoms with Crippen LogP contribution in [0.25, 0.3) is 0 Å². The summed E-state index contributed by atoms with van der Waals surface area (Å²) in [4.78, 5) is 0. The molecule has 0 fully saturated rings. The summed E-state index contributed by atoms with van der Waals surface area (Å²) in [5.41, 5.74) is -0.917. The maximum atomic E-state index is 12.5. The van der Waals surface area contributed by atoms with Crippen molar-refractivity contribution in [1.82, 2.24) is 0 Å². The van der Waals surface area contributed by atoms with Gasteiger partial charge in [-0.05, 0) is 19.8 Å². The number of rotatable bonds is 0. The third-order valence-electron chi connectivity index (χ3n) is 1.25. The molecular formula is C6H9F. The molecule has 0 unspecified atom stereocenters. The van der Waals surface area contributed by atoms with Gasteiger partial charge in [0.05, 0.1) is 0 Å². The summed E-state index contributed by atoms with van der Waals surface area (Å²) in [6.45, 7) is 1.63.